The molecule has 0 spiro atoms. The van der Waals surface area contributed by atoms with Crippen molar-refractivity contribution in [2.75, 3.05) is 40.9 Å². The summed E-state index contributed by atoms with van der Waals surface area (Å²) in [4.78, 5) is 37.6. The number of esters is 1. The fraction of sp³-hybridized carbons (Fsp3) is 0.738. The monoisotopic (exact) mass is 1010 g/mol. The third-order valence-corrected chi connectivity index (χ3v) is 13.3. The van der Waals surface area contributed by atoms with Crippen LogP contribution in [-0.4, -0.2) is 74.3 Å². The second kappa shape index (κ2) is 50.7. The van der Waals surface area contributed by atoms with Gasteiger partial charge in [-0.15, -0.1) is 0 Å². The van der Waals surface area contributed by atoms with Crippen molar-refractivity contribution < 1.29 is 37.3 Å². The summed E-state index contributed by atoms with van der Waals surface area (Å²) in [5.41, 5.74) is 0. The Morgan fingerprint density at radius 3 is 1.37 bits per heavy atom. The van der Waals surface area contributed by atoms with Gasteiger partial charge >= 0.3 is 13.8 Å². The molecule has 71 heavy (non-hydrogen) atoms. The molecule has 3 atom stereocenters. The van der Waals surface area contributed by atoms with Gasteiger partial charge in [-0.2, -0.15) is 0 Å². The summed E-state index contributed by atoms with van der Waals surface area (Å²) in [6, 6.07) is -0.874. The van der Waals surface area contributed by atoms with Crippen LogP contribution >= 0.6 is 7.82 Å². The minimum Gasteiger partial charge on any atom is -0.456 e. The molecule has 3 unspecified atom stereocenters. The number of amides is 1. The Morgan fingerprint density at radius 1 is 0.507 bits per heavy atom. The van der Waals surface area contributed by atoms with Gasteiger partial charge in [-0.05, 0) is 102 Å². The molecule has 0 aliphatic carbocycles. The molecule has 2 N–H and O–H groups in total. The summed E-state index contributed by atoms with van der Waals surface area (Å²) in [6.07, 6.45) is 65.8. The van der Waals surface area contributed by atoms with Crippen LogP contribution in [0.25, 0.3) is 0 Å². The lowest BCUT2D eigenvalue weighted by Crippen LogP contribution is -2.47. The topological polar surface area (TPSA) is 111 Å². The van der Waals surface area contributed by atoms with Crippen molar-refractivity contribution in [2.24, 2.45) is 0 Å². The summed E-state index contributed by atoms with van der Waals surface area (Å²) in [6.45, 7) is 6.84. The number of phosphoric ester groups is 1. The first-order valence-electron chi connectivity index (χ1n) is 28.9. The lowest BCUT2D eigenvalue weighted by Gasteiger charge is -2.27. The van der Waals surface area contributed by atoms with Crippen molar-refractivity contribution in [3.05, 3.63) is 85.1 Å². The Labute approximate surface area is 437 Å². The van der Waals surface area contributed by atoms with E-state index in [1.54, 1.807) is 0 Å². The molecule has 0 aromatic heterocycles. The minimum absolute atomic E-state index is 0.0279. The molecule has 9 nitrogen and oxygen atoms in total. The van der Waals surface area contributed by atoms with Crippen molar-refractivity contribution in [3.63, 3.8) is 0 Å². The fourth-order valence-corrected chi connectivity index (χ4v) is 8.58. The lowest BCUT2D eigenvalue weighted by molar-refractivity contribution is -0.870. The van der Waals surface area contributed by atoms with Gasteiger partial charge in [0.1, 0.15) is 19.3 Å². The third kappa shape index (κ3) is 51.9. The Kier molecular flexibility index (Phi) is 48.7. The van der Waals surface area contributed by atoms with Crippen molar-refractivity contribution in [3.8, 4) is 0 Å². The number of hydrogen-bond acceptors (Lipinski definition) is 6. The average Bonchev–Trinajstić information content (AvgIpc) is 3.33. The average molecular weight is 1010 g/mol. The van der Waals surface area contributed by atoms with Crippen LogP contribution in [0.2, 0.25) is 0 Å². The summed E-state index contributed by atoms with van der Waals surface area (Å²) in [5.74, 6) is -0.565. The van der Waals surface area contributed by atoms with Gasteiger partial charge < -0.3 is 19.4 Å². The first-order valence-corrected chi connectivity index (χ1v) is 30.4. The van der Waals surface area contributed by atoms with E-state index in [1.807, 2.05) is 33.3 Å². The molecule has 0 fully saturated rings. The van der Waals surface area contributed by atoms with Crippen molar-refractivity contribution in [1.82, 2.24) is 5.32 Å². The minimum atomic E-state index is -4.46. The van der Waals surface area contributed by atoms with E-state index in [1.165, 1.54) is 96.3 Å². The Bertz CT molecular complexity index is 1490. The van der Waals surface area contributed by atoms with Gasteiger partial charge in [-0.3, -0.25) is 18.6 Å². The molecule has 0 radical (unpaired) electrons. The standard InChI is InChI=1S/C61H109N2O7P/c1-7-10-13-16-19-22-25-28-29-30-31-32-33-36-38-41-44-47-50-53-60(64)62-58(57-69-71(66,67)68-56-55-63(4,5)6)59(52-49-46-43-40-37-34-26-23-20-17-14-11-8-2)70-61(65)54-51-48-45-42-39-35-27-24-21-18-15-12-9-3/h10,13,19,22,28-29,31-32,35-36,38-39,49,52,58-59H,7-9,11-12,14-18,20-21,23-27,30,33-34,37,40-48,50-51,53-57H2,1-6H3,(H-,62,64,66,67)/p+1/b13-10-,22-19-,29-28-,32-31-,38-36-,39-35-,52-49-. The SMILES string of the molecule is CC/C=C\C/C=C\C/C=C\C/C=C\C/C=C\CCCCCC(=O)NC(COP(=O)(O)OCC[N+](C)(C)C)C(/C=C\CCCCCCCCCCCCC)OC(=O)CCCCC/C=C\CCCCCCCC. The van der Waals surface area contributed by atoms with Crippen molar-refractivity contribution >= 4 is 19.7 Å². The van der Waals surface area contributed by atoms with Gasteiger partial charge in [0.15, 0.2) is 0 Å². The van der Waals surface area contributed by atoms with Crippen LogP contribution in [0.5, 0.6) is 0 Å². The zero-order chi connectivity index (χ0) is 52.2. The van der Waals surface area contributed by atoms with Crippen molar-refractivity contribution in [2.45, 2.75) is 251 Å². The number of likely N-dealkylation sites (N-methyl/N-ethyl adjacent to an activating group) is 1. The van der Waals surface area contributed by atoms with Crippen LogP contribution in [0.3, 0.4) is 0 Å². The van der Waals surface area contributed by atoms with Gasteiger partial charge in [0.2, 0.25) is 5.91 Å². The van der Waals surface area contributed by atoms with E-state index in [2.05, 4.69) is 99.0 Å². The molecule has 0 saturated heterocycles. The maximum atomic E-state index is 13.5. The van der Waals surface area contributed by atoms with Crippen LogP contribution in [0.1, 0.15) is 239 Å². The summed E-state index contributed by atoms with van der Waals surface area (Å²) < 4.78 is 30.6. The Hall–Kier alpha value is -2.81. The van der Waals surface area contributed by atoms with Crippen molar-refractivity contribution in [1.29, 1.82) is 0 Å². The number of unbranched alkanes of at least 4 members (excludes halogenated alkanes) is 23. The van der Waals surface area contributed by atoms with Crippen LogP contribution in [0, 0.1) is 0 Å². The number of carbonyl (C=O) groups is 2. The molecule has 0 aromatic carbocycles. The van der Waals surface area contributed by atoms with Gasteiger partial charge in [-0.25, -0.2) is 4.57 Å². The van der Waals surface area contributed by atoms with E-state index in [4.69, 9.17) is 13.8 Å². The highest BCUT2D eigenvalue weighted by Gasteiger charge is 2.30. The number of allylic oxidation sites excluding steroid dienone is 13. The van der Waals surface area contributed by atoms with Crippen LogP contribution in [0.15, 0.2) is 85.1 Å². The maximum absolute atomic E-state index is 13.5. The quantitative estimate of drug-likeness (QED) is 0.0205. The second-order valence-corrected chi connectivity index (χ2v) is 21.9. The van der Waals surface area contributed by atoms with Gasteiger partial charge in [0.05, 0.1) is 33.8 Å². The number of nitrogens with zero attached hydrogens (tertiary/aromatic N) is 1. The molecule has 0 saturated carbocycles. The van der Waals surface area contributed by atoms with E-state index in [0.29, 0.717) is 23.9 Å². The highest BCUT2D eigenvalue weighted by atomic mass is 31.2. The fourth-order valence-electron chi connectivity index (χ4n) is 7.84. The normalized spacial score (nSPS) is 14.4. The zero-order valence-corrected chi connectivity index (χ0v) is 47.6. The smallest absolute Gasteiger partial charge is 0.456 e. The van der Waals surface area contributed by atoms with Gasteiger partial charge in [0, 0.05) is 12.8 Å². The third-order valence-electron chi connectivity index (χ3n) is 12.3. The summed E-state index contributed by atoms with van der Waals surface area (Å²) in [7, 11) is 1.46. The molecule has 10 heteroatoms. The number of nitrogens with one attached hydrogen (secondary N) is 1. The molecule has 0 aliphatic rings. The van der Waals surface area contributed by atoms with Crippen LogP contribution in [-0.2, 0) is 27.9 Å². The second-order valence-electron chi connectivity index (χ2n) is 20.4. The number of quaternary nitrogens is 1. The lowest BCUT2D eigenvalue weighted by atomic mass is 10.0. The van der Waals surface area contributed by atoms with E-state index >= 15 is 0 Å². The van der Waals surface area contributed by atoms with Crippen LogP contribution < -0.4 is 5.32 Å². The molecule has 1 amide bonds. The van der Waals surface area contributed by atoms with E-state index in [0.717, 1.165) is 96.3 Å². The zero-order valence-electron chi connectivity index (χ0n) is 46.7. The highest BCUT2D eigenvalue weighted by molar-refractivity contribution is 7.47. The number of ether oxygens (including phenoxy) is 1. The molecule has 410 valence electrons. The number of hydrogen-bond donors (Lipinski definition) is 2. The molecular weight excluding hydrogens is 904 g/mol. The predicted octanol–water partition coefficient (Wildman–Crippen LogP) is 17.4. The summed E-state index contributed by atoms with van der Waals surface area (Å²) >= 11 is 0. The molecule has 0 aliphatic heterocycles. The molecule has 0 aromatic rings. The Balaban J connectivity index is 5.44. The predicted molar refractivity (Wildman–Crippen MR) is 304 cm³/mol. The molecule has 0 rings (SSSR count). The van der Waals surface area contributed by atoms with E-state index in [9.17, 15) is 19.0 Å². The first kappa shape index (κ1) is 68.2. The Morgan fingerprint density at radius 2 is 0.901 bits per heavy atom. The van der Waals surface area contributed by atoms with Gasteiger partial charge in [0.25, 0.3) is 0 Å². The number of rotatable bonds is 51. The molecular formula is C61H110N2O7P+. The van der Waals surface area contributed by atoms with Gasteiger partial charge in [-0.1, -0.05) is 209 Å². The van der Waals surface area contributed by atoms with E-state index in [-0.39, 0.29) is 37.9 Å². The summed E-state index contributed by atoms with van der Waals surface area (Å²) in [5, 5.41) is 3.03. The molecule has 0 bridgehead atoms. The maximum Gasteiger partial charge on any atom is 0.472 e. The van der Waals surface area contributed by atoms with Crippen LogP contribution in [0.4, 0.5) is 0 Å². The van der Waals surface area contributed by atoms with E-state index < -0.39 is 20.0 Å². The highest BCUT2D eigenvalue weighted by Crippen LogP contribution is 2.43. The first-order chi connectivity index (χ1) is 34.4. The number of phosphoric acid groups is 1. The number of carbonyl (C=O) groups excluding carboxylic acids is 2. The largest absolute Gasteiger partial charge is 0.472 e. The molecule has 0 heterocycles.